The minimum absolute atomic E-state index is 0.0330. The van der Waals surface area contributed by atoms with Gasteiger partial charge in [-0.15, -0.1) is 0 Å². The Hall–Kier alpha value is -2.43. The monoisotopic (exact) mass is 469 g/mol. The second-order valence-electron chi connectivity index (χ2n) is 9.45. The van der Waals surface area contributed by atoms with Crippen LogP contribution in [-0.2, 0) is 12.0 Å². The van der Waals surface area contributed by atoms with Crippen molar-refractivity contribution in [3.05, 3.63) is 87.7 Å². The number of aryl methyl sites for hydroxylation is 1. The quantitative estimate of drug-likeness (QED) is 0.418. The van der Waals surface area contributed by atoms with Gasteiger partial charge in [-0.1, -0.05) is 68.2 Å². The van der Waals surface area contributed by atoms with Crippen LogP contribution in [0.3, 0.4) is 0 Å². The summed E-state index contributed by atoms with van der Waals surface area (Å²) in [4.78, 5) is 12.9. The summed E-state index contributed by atoms with van der Waals surface area (Å²) in [5.74, 6) is 0.0704. The van der Waals surface area contributed by atoms with Crippen molar-refractivity contribution in [3.63, 3.8) is 0 Å². The summed E-state index contributed by atoms with van der Waals surface area (Å²) in [5, 5.41) is 6.99. The number of halogens is 2. The van der Waals surface area contributed by atoms with E-state index in [1.54, 1.807) is 18.2 Å². The molecule has 168 valence electrons. The van der Waals surface area contributed by atoms with Crippen molar-refractivity contribution in [2.45, 2.75) is 57.5 Å². The lowest BCUT2D eigenvalue weighted by Gasteiger charge is -2.28. The Labute approximate surface area is 199 Å². The highest BCUT2D eigenvalue weighted by Gasteiger charge is 2.31. The van der Waals surface area contributed by atoms with Crippen LogP contribution in [0.15, 0.2) is 60.8 Å². The van der Waals surface area contributed by atoms with E-state index in [1.807, 2.05) is 0 Å². The molecule has 2 aromatic carbocycles. The highest BCUT2D eigenvalue weighted by Crippen LogP contribution is 2.35. The Kier molecular flexibility index (Phi) is 6.55. The van der Waals surface area contributed by atoms with E-state index < -0.39 is 0 Å². The second-order valence-corrected chi connectivity index (χ2v) is 10.3. The third-order valence-electron chi connectivity index (χ3n) is 6.13. The number of aromatic nitrogens is 1. The van der Waals surface area contributed by atoms with Crippen LogP contribution in [0.5, 0.6) is 0 Å². The zero-order valence-electron chi connectivity index (χ0n) is 18.7. The number of urea groups is 1. The molecule has 0 radical (unpaired) electrons. The number of anilines is 1. The maximum atomic E-state index is 12.9. The normalized spacial score (nSPS) is 18.5. The Morgan fingerprint density at radius 1 is 1.03 bits per heavy atom. The molecule has 6 heteroatoms. The SMILES string of the molecule is CC(C)(C)c1ccc(C2c3cccn3CCCC2NC(=O)Nc2ccc(Cl)c(Cl)c2)cc1. The third kappa shape index (κ3) is 4.97. The molecule has 0 fully saturated rings. The molecule has 1 aliphatic heterocycles. The first-order chi connectivity index (χ1) is 15.2. The summed E-state index contributed by atoms with van der Waals surface area (Å²) in [6.45, 7) is 7.61. The van der Waals surface area contributed by atoms with Crippen molar-refractivity contribution in [1.29, 1.82) is 0 Å². The van der Waals surface area contributed by atoms with Crippen LogP contribution in [0.1, 0.15) is 56.4 Å². The lowest BCUT2D eigenvalue weighted by atomic mass is 9.83. The first kappa shape index (κ1) is 22.8. The summed E-state index contributed by atoms with van der Waals surface area (Å²) in [6.07, 6.45) is 4.02. The number of benzene rings is 2. The standard InChI is InChI=1S/C26H29Cl2N3O/c1-26(2,3)18-10-8-17(9-11-18)24-22(6-4-14-31-15-5-7-23(24)31)30-25(32)29-19-12-13-20(27)21(28)16-19/h5,7-13,15-16,22,24H,4,6,14H2,1-3H3,(H2,29,30,32). The summed E-state index contributed by atoms with van der Waals surface area (Å²) in [6, 6.07) is 17.9. The molecule has 2 N–H and O–H groups in total. The first-order valence-electron chi connectivity index (χ1n) is 11.0. The molecule has 1 aromatic heterocycles. The number of carbonyl (C=O) groups excluding carboxylic acids is 1. The molecule has 0 aliphatic carbocycles. The highest BCUT2D eigenvalue weighted by atomic mass is 35.5. The number of fused-ring (bicyclic) bond motifs is 1. The average molecular weight is 470 g/mol. The lowest BCUT2D eigenvalue weighted by Crippen LogP contribution is -2.41. The smallest absolute Gasteiger partial charge is 0.319 e. The molecule has 4 nitrogen and oxygen atoms in total. The summed E-state index contributed by atoms with van der Waals surface area (Å²) in [7, 11) is 0. The van der Waals surface area contributed by atoms with E-state index in [2.05, 4.69) is 78.6 Å². The third-order valence-corrected chi connectivity index (χ3v) is 6.87. The van der Waals surface area contributed by atoms with Gasteiger partial charge >= 0.3 is 6.03 Å². The van der Waals surface area contributed by atoms with Crippen molar-refractivity contribution in [2.24, 2.45) is 0 Å². The fraction of sp³-hybridized carbons (Fsp3) is 0.346. The van der Waals surface area contributed by atoms with Gasteiger partial charge in [0.15, 0.2) is 0 Å². The van der Waals surface area contributed by atoms with Crippen molar-refractivity contribution >= 4 is 34.9 Å². The van der Waals surface area contributed by atoms with E-state index in [1.165, 1.54) is 16.8 Å². The number of rotatable bonds is 3. The molecule has 1 aliphatic rings. The molecule has 2 amide bonds. The molecule has 0 spiro atoms. The summed E-state index contributed by atoms with van der Waals surface area (Å²) in [5.41, 5.74) is 4.44. The van der Waals surface area contributed by atoms with Gasteiger partial charge in [-0.25, -0.2) is 4.79 Å². The van der Waals surface area contributed by atoms with Crippen LogP contribution < -0.4 is 10.6 Å². The van der Waals surface area contributed by atoms with Gasteiger partial charge in [0, 0.05) is 36.1 Å². The fourth-order valence-electron chi connectivity index (χ4n) is 4.43. The zero-order chi connectivity index (χ0) is 22.9. The minimum atomic E-state index is -0.246. The van der Waals surface area contributed by atoms with E-state index in [0.29, 0.717) is 15.7 Å². The van der Waals surface area contributed by atoms with E-state index in [9.17, 15) is 4.79 Å². The van der Waals surface area contributed by atoms with Gasteiger partial charge in [0.25, 0.3) is 0 Å². The molecule has 2 unspecified atom stereocenters. The number of hydrogen-bond acceptors (Lipinski definition) is 1. The molecule has 3 aromatic rings. The first-order valence-corrected chi connectivity index (χ1v) is 11.8. The van der Waals surface area contributed by atoms with Crippen LogP contribution in [0.2, 0.25) is 10.0 Å². The van der Waals surface area contributed by atoms with Crippen molar-refractivity contribution in [2.75, 3.05) is 5.32 Å². The van der Waals surface area contributed by atoms with Crippen LogP contribution in [0.25, 0.3) is 0 Å². The predicted molar refractivity (Wildman–Crippen MR) is 133 cm³/mol. The minimum Gasteiger partial charge on any atom is -0.351 e. The van der Waals surface area contributed by atoms with E-state index in [4.69, 9.17) is 23.2 Å². The van der Waals surface area contributed by atoms with Gasteiger partial charge in [0.2, 0.25) is 0 Å². The number of carbonyl (C=O) groups is 1. The summed E-state index contributed by atoms with van der Waals surface area (Å²) >= 11 is 12.1. The zero-order valence-corrected chi connectivity index (χ0v) is 20.2. The Morgan fingerprint density at radius 3 is 2.47 bits per heavy atom. The molecule has 0 saturated heterocycles. The van der Waals surface area contributed by atoms with Gasteiger partial charge < -0.3 is 15.2 Å². The van der Waals surface area contributed by atoms with Gasteiger partial charge in [-0.05, 0) is 59.7 Å². The largest absolute Gasteiger partial charge is 0.351 e. The molecule has 2 atom stereocenters. The predicted octanol–water partition coefficient (Wildman–Crippen LogP) is 7.21. The summed E-state index contributed by atoms with van der Waals surface area (Å²) < 4.78 is 2.31. The molecule has 0 bridgehead atoms. The Morgan fingerprint density at radius 2 is 1.78 bits per heavy atom. The number of amides is 2. The van der Waals surface area contributed by atoms with Gasteiger partial charge in [-0.3, -0.25) is 0 Å². The topological polar surface area (TPSA) is 46.1 Å². The van der Waals surface area contributed by atoms with Gasteiger partial charge in [-0.2, -0.15) is 0 Å². The average Bonchev–Trinajstić information content (AvgIpc) is 3.12. The van der Waals surface area contributed by atoms with E-state index >= 15 is 0 Å². The van der Waals surface area contributed by atoms with Crippen molar-refractivity contribution in [3.8, 4) is 0 Å². The lowest BCUT2D eigenvalue weighted by molar-refractivity contribution is 0.246. The van der Waals surface area contributed by atoms with Crippen molar-refractivity contribution in [1.82, 2.24) is 9.88 Å². The van der Waals surface area contributed by atoms with Crippen LogP contribution >= 0.6 is 23.2 Å². The number of nitrogens with zero attached hydrogens (tertiary/aromatic N) is 1. The van der Waals surface area contributed by atoms with E-state index in [0.717, 1.165) is 19.4 Å². The maximum absolute atomic E-state index is 12.9. The molecular weight excluding hydrogens is 441 g/mol. The highest BCUT2D eigenvalue weighted by molar-refractivity contribution is 6.42. The fourth-order valence-corrected chi connectivity index (χ4v) is 4.72. The van der Waals surface area contributed by atoms with Gasteiger partial charge in [0.1, 0.15) is 0 Å². The maximum Gasteiger partial charge on any atom is 0.319 e. The number of hydrogen-bond donors (Lipinski definition) is 2. The molecule has 2 heterocycles. The van der Waals surface area contributed by atoms with Crippen LogP contribution in [-0.4, -0.2) is 16.6 Å². The Bertz CT molecular complexity index is 1100. The number of nitrogens with one attached hydrogen (secondary N) is 2. The molecule has 4 rings (SSSR count). The van der Waals surface area contributed by atoms with Crippen LogP contribution in [0, 0.1) is 0 Å². The van der Waals surface area contributed by atoms with Gasteiger partial charge in [0.05, 0.1) is 10.0 Å². The molecule has 32 heavy (non-hydrogen) atoms. The second kappa shape index (κ2) is 9.21. The van der Waals surface area contributed by atoms with E-state index in [-0.39, 0.29) is 23.4 Å². The molecular formula is C26H29Cl2N3O. The molecule has 0 saturated carbocycles. The van der Waals surface area contributed by atoms with Crippen molar-refractivity contribution < 1.29 is 4.79 Å². The van der Waals surface area contributed by atoms with Crippen LogP contribution in [0.4, 0.5) is 10.5 Å². The Balaban J connectivity index is 1.60.